The molecule has 1 saturated carbocycles. The highest BCUT2D eigenvalue weighted by Gasteiger charge is 2.35. The number of hydrogen-bond donors (Lipinski definition) is 1. The largest absolute Gasteiger partial charge is 0.382 e. The maximum Gasteiger partial charge on any atom is 0.267 e. The molecule has 3 rings (SSSR count). The molecule has 1 aliphatic heterocycles. The minimum Gasteiger partial charge on any atom is -0.382 e. The second-order valence-electron chi connectivity index (χ2n) is 5.97. The quantitative estimate of drug-likeness (QED) is 0.907. The van der Waals surface area contributed by atoms with E-state index in [2.05, 4.69) is 16.8 Å². The SMILES string of the molecule is CC1CC1CN(C)C(=O)c1sc(N2CCOCC2)nc1N. The van der Waals surface area contributed by atoms with E-state index in [1.807, 2.05) is 7.05 Å². The summed E-state index contributed by atoms with van der Waals surface area (Å²) in [5, 5.41) is 0.826. The predicted octanol–water partition coefficient (Wildman–Crippen LogP) is 1.29. The molecule has 116 valence electrons. The van der Waals surface area contributed by atoms with Crippen molar-refractivity contribution < 1.29 is 9.53 Å². The van der Waals surface area contributed by atoms with Crippen LogP contribution in [0.2, 0.25) is 0 Å². The number of carbonyl (C=O) groups excluding carboxylic acids is 1. The lowest BCUT2D eigenvalue weighted by atomic mass is 10.3. The highest BCUT2D eigenvalue weighted by atomic mass is 32.1. The zero-order chi connectivity index (χ0) is 15.0. The van der Waals surface area contributed by atoms with Crippen molar-refractivity contribution in [2.75, 3.05) is 50.5 Å². The van der Waals surface area contributed by atoms with Gasteiger partial charge in [-0.25, -0.2) is 4.98 Å². The molecule has 0 radical (unpaired) electrons. The summed E-state index contributed by atoms with van der Waals surface area (Å²) in [5.74, 6) is 1.72. The Morgan fingerprint density at radius 2 is 2.19 bits per heavy atom. The number of amides is 1. The number of thiazole rings is 1. The molecule has 2 fully saturated rings. The Balaban J connectivity index is 1.69. The molecular formula is C14H22N4O2S. The predicted molar refractivity (Wildman–Crippen MR) is 83.8 cm³/mol. The van der Waals surface area contributed by atoms with Crippen molar-refractivity contribution >= 4 is 28.2 Å². The van der Waals surface area contributed by atoms with Crippen LogP contribution < -0.4 is 10.6 Å². The van der Waals surface area contributed by atoms with Crippen molar-refractivity contribution in [1.82, 2.24) is 9.88 Å². The van der Waals surface area contributed by atoms with Crippen LogP contribution in [-0.4, -0.2) is 55.7 Å². The number of aromatic nitrogens is 1. The number of nitrogens with two attached hydrogens (primary N) is 1. The van der Waals surface area contributed by atoms with E-state index in [0.717, 1.165) is 30.7 Å². The van der Waals surface area contributed by atoms with Gasteiger partial charge < -0.3 is 20.3 Å². The van der Waals surface area contributed by atoms with E-state index in [4.69, 9.17) is 10.5 Å². The van der Waals surface area contributed by atoms with E-state index in [0.29, 0.717) is 29.8 Å². The third kappa shape index (κ3) is 3.13. The summed E-state index contributed by atoms with van der Waals surface area (Å²) in [6.45, 7) is 6.03. The second-order valence-corrected chi connectivity index (χ2v) is 6.95. The summed E-state index contributed by atoms with van der Waals surface area (Å²) >= 11 is 1.39. The van der Waals surface area contributed by atoms with E-state index in [9.17, 15) is 4.79 Å². The van der Waals surface area contributed by atoms with Crippen LogP contribution in [0.4, 0.5) is 10.9 Å². The molecule has 2 atom stereocenters. The Labute approximate surface area is 128 Å². The lowest BCUT2D eigenvalue weighted by Crippen LogP contribution is -2.36. The van der Waals surface area contributed by atoms with Gasteiger partial charge in [0, 0.05) is 26.7 Å². The van der Waals surface area contributed by atoms with Crippen LogP contribution in [0.25, 0.3) is 0 Å². The highest BCUT2D eigenvalue weighted by molar-refractivity contribution is 7.18. The molecule has 0 bridgehead atoms. The molecule has 0 spiro atoms. The number of ether oxygens (including phenoxy) is 1. The summed E-state index contributed by atoms with van der Waals surface area (Å²) in [5.41, 5.74) is 5.95. The summed E-state index contributed by atoms with van der Waals surface area (Å²) in [6.07, 6.45) is 1.22. The van der Waals surface area contributed by atoms with Gasteiger partial charge in [0.2, 0.25) is 0 Å². The van der Waals surface area contributed by atoms with Crippen LogP contribution in [0.3, 0.4) is 0 Å². The van der Waals surface area contributed by atoms with Crippen molar-refractivity contribution in [3.8, 4) is 0 Å². The summed E-state index contributed by atoms with van der Waals surface area (Å²) in [6, 6.07) is 0. The van der Waals surface area contributed by atoms with Crippen molar-refractivity contribution in [2.45, 2.75) is 13.3 Å². The van der Waals surface area contributed by atoms with E-state index in [1.165, 1.54) is 17.8 Å². The van der Waals surface area contributed by atoms with Gasteiger partial charge in [-0.15, -0.1) is 0 Å². The van der Waals surface area contributed by atoms with E-state index < -0.39 is 0 Å². The minimum atomic E-state index is -0.0105. The molecule has 7 heteroatoms. The van der Waals surface area contributed by atoms with Crippen LogP contribution in [0, 0.1) is 11.8 Å². The Morgan fingerprint density at radius 3 is 2.81 bits per heavy atom. The maximum atomic E-state index is 12.5. The number of rotatable bonds is 4. The number of morpholine rings is 1. The fourth-order valence-corrected chi connectivity index (χ4v) is 3.66. The minimum absolute atomic E-state index is 0.0105. The fourth-order valence-electron chi connectivity index (χ4n) is 2.62. The molecule has 2 N–H and O–H groups in total. The molecule has 6 nitrogen and oxygen atoms in total. The van der Waals surface area contributed by atoms with Gasteiger partial charge in [0.25, 0.3) is 5.91 Å². The standard InChI is InChI=1S/C14H22N4O2S/c1-9-7-10(9)8-17(2)13(19)11-12(15)16-14(21-11)18-3-5-20-6-4-18/h9-10H,3-8,15H2,1-2H3. The van der Waals surface area contributed by atoms with E-state index in [-0.39, 0.29) is 5.91 Å². The van der Waals surface area contributed by atoms with Crippen LogP contribution in [-0.2, 0) is 4.74 Å². The average Bonchev–Trinajstić information content (AvgIpc) is 3.03. The topological polar surface area (TPSA) is 71.7 Å². The van der Waals surface area contributed by atoms with Gasteiger partial charge in [0.05, 0.1) is 13.2 Å². The first-order valence-electron chi connectivity index (χ1n) is 7.40. The molecule has 1 amide bonds. The number of carbonyl (C=O) groups is 1. The fraction of sp³-hybridized carbons (Fsp3) is 0.714. The van der Waals surface area contributed by atoms with Gasteiger partial charge >= 0.3 is 0 Å². The summed E-state index contributed by atoms with van der Waals surface area (Å²) in [4.78, 5) is 21.3. The molecule has 2 aliphatic rings. The van der Waals surface area contributed by atoms with Crippen molar-refractivity contribution in [2.24, 2.45) is 11.8 Å². The average molecular weight is 310 g/mol. The number of nitrogen functional groups attached to an aromatic ring is 1. The van der Waals surface area contributed by atoms with Gasteiger partial charge in [-0.05, 0) is 18.3 Å². The summed E-state index contributed by atoms with van der Waals surface area (Å²) in [7, 11) is 1.85. The van der Waals surface area contributed by atoms with Gasteiger partial charge in [-0.2, -0.15) is 0 Å². The Hall–Kier alpha value is -1.34. The first-order chi connectivity index (χ1) is 10.1. The highest BCUT2D eigenvalue weighted by Crippen LogP contribution is 2.38. The molecule has 1 aliphatic carbocycles. The normalized spacial score (nSPS) is 25.0. The van der Waals surface area contributed by atoms with E-state index >= 15 is 0 Å². The Morgan fingerprint density at radius 1 is 1.52 bits per heavy atom. The zero-order valence-electron chi connectivity index (χ0n) is 12.5. The molecule has 21 heavy (non-hydrogen) atoms. The van der Waals surface area contributed by atoms with E-state index in [1.54, 1.807) is 4.90 Å². The van der Waals surface area contributed by atoms with Crippen LogP contribution in [0.5, 0.6) is 0 Å². The molecule has 0 aromatic carbocycles. The number of hydrogen-bond acceptors (Lipinski definition) is 6. The van der Waals surface area contributed by atoms with Gasteiger partial charge in [-0.1, -0.05) is 18.3 Å². The lowest BCUT2D eigenvalue weighted by molar-refractivity contribution is 0.0792. The van der Waals surface area contributed by atoms with Crippen molar-refractivity contribution in [1.29, 1.82) is 0 Å². The molecule has 2 unspecified atom stereocenters. The smallest absolute Gasteiger partial charge is 0.267 e. The first-order valence-corrected chi connectivity index (χ1v) is 8.22. The molecule has 1 aromatic rings. The zero-order valence-corrected chi connectivity index (χ0v) is 13.4. The Bertz CT molecular complexity index is 527. The third-order valence-electron chi connectivity index (χ3n) is 4.25. The lowest BCUT2D eigenvalue weighted by Gasteiger charge is -2.25. The van der Waals surface area contributed by atoms with Gasteiger partial charge in [0.1, 0.15) is 10.7 Å². The molecular weight excluding hydrogens is 288 g/mol. The molecule has 2 heterocycles. The molecule has 1 saturated heterocycles. The Kier molecular flexibility index (Phi) is 4.03. The van der Waals surface area contributed by atoms with Gasteiger partial charge in [0.15, 0.2) is 5.13 Å². The number of nitrogens with zero attached hydrogens (tertiary/aromatic N) is 3. The second kappa shape index (κ2) is 5.81. The summed E-state index contributed by atoms with van der Waals surface area (Å²) < 4.78 is 5.33. The van der Waals surface area contributed by atoms with Crippen LogP contribution in [0.15, 0.2) is 0 Å². The van der Waals surface area contributed by atoms with Gasteiger partial charge in [-0.3, -0.25) is 4.79 Å². The van der Waals surface area contributed by atoms with Crippen LogP contribution >= 0.6 is 11.3 Å². The van der Waals surface area contributed by atoms with Crippen LogP contribution in [0.1, 0.15) is 23.0 Å². The number of anilines is 2. The maximum absolute atomic E-state index is 12.5. The molecule has 1 aromatic heterocycles. The monoisotopic (exact) mass is 310 g/mol. The van der Waals surface area contributed by atoms with Crippen molar-refractivity contribution in [3.63, 3.8) is 0 Å². The first kappa shape index (κ1) is 14.6. The third-order valence-corrected chi connectivity index (χ3v) is 5.37. The van der Waals surface area contributed by atoms with Crippen molar-refractivity contribution in [3.05, 3.63) is 4.88 Å².